The average molecular weight is 479 g/mol. The molecule has 3 aromatic heterocycles. The Hall–Kier alpha value is -3.84. The first-order valence-corrected chi connectivity index (χ1v) is 10.8. The van der Waals surface area contributed by atoms with Crippen molar-refractivity contribution >= 4 is 22.6 Å². The van der Waals surface area contributed by atoms with Crippen LogP contribution in [-0.2, 0) is 14.1 Å². The van der Waals surface area contributed by atoms with Crippen LogP contribution in [0.15, 0.2) is 90.2 Å². The van der Waals surface area contributed by atoms with Crippen molar-refractivity contribution < 1.29 is 8.78 Å². The van der Waals surface area contributed by atoms with E-state index in [1.54, 1.807) is 68.1 Å². The topological polar surface area (TPSA) is 52.7 Å². The van der Waals surface area contributed by atoms with Gasteiger partial charge in [-0.05, 0) is 47.5 Å². The lowest BCUT2D eigenvalue weighted by molar-refractivity contribution is 0.394. The summed E-state index contributed by atoms with van der Waals surface area (Å²) in [5.74, 6) is -0.424. The number of rotatable bonds is 3. The van der Waals surface area contributed by atoms with Gasteiger partial charge >= 0.3 is 0 Å². The van der Waals surface area contributed by atoms with Crippen LogP contribution in [0.3, 0.4) is 0 Å². The molecule has 5 nitrogen and oxygen atoms in total. The summed E-state index contributed by atoms with van der Waals surface area (Å²) in [6, 6.07) is 16.9. The normalized spacial score (nSPS) is 11.7. The van der Waals surface area contributed by atoms with Crippen LogP contribution in [-0.4, -0.2) is 19.1 Å². The molecule has 1 atom stereocenters. The molecular formula is C26H21ClF2N4O. The Balaban J connectivity index is 0.000000398. The molecule has 3 heterocycles. The lowest BCUT2D eigenvalue weighted by Crippen LogP contribution is -2.17. The maximum atomic E-state index is 15.1. The number of aryl methyl sites for hydroxylation is 2. The molecule has 0 aliphatic rings. The van der Waals surface area contributed by atoms with Gasteiger partial charge in [-0.2, -0.15) is 0 Å². The van der Waals surface area contributed by atoms with Gasteiger partial charge in [0.2, 0.25) is 0 Å². The van der Waals surface area contributed by atoms with Gasteiger partial charge in [-0.3, -0.25) is 4.79 Å². The van der Waals surface area contributed by atoms with E-state index < -0.39 is 12.0 Å². The number of hydrogen-bond acceptors (Lipinski definition) is 3. The summed E-state index contributed by atoms with van der Waals surface area (Å²) in [6.07, 6.45) is 3.93. The Bertz CT molecular complexity index is 1480. The van der Waals surface area contributed by atoms with Crippen LogP contribution in [0.2, 0.25) is 5.02 Å². The van der Waals surface area contributed by atoms with Crippen molar-refractivity contribution in [2.45, 2.75) is 6.17 Å². The van der Waals surface area contributed by atoms with Crippen LogP contribution in [0, 0.1) is 5.82 Å². The summed E-state index contributed by atoms with van der Waals surface area (Å²) in [7, 11) is 3.56. The summed E-state index contributed by atoms with van der Waals surface area (Å²) in [5.41, 5.74) is 2.31. The minimum Gasteiger partial charge on any atom is -0.341 e. The molecule has 2 aromatic carbocycles. The van der Waals surface area contributed by atoms with Gasteiger partial charge in [-0.25, -0.2) is 18.7 Å². The molecule has 0 aliphatic carbocycles. The first-order valence-electron chi connectivity index (χ1n) is 10.4. The van der Waals surface area contributed by atoms with E-state index in [0.717, 1.165) is 0 Å². The molecule has 0 radical (unpaired) electrons. The van der Waals surface area contributed by atoms with Gasteiger partial charge in [-0.1, -0.05) is 35.9 Å². The van der Waals surface area contributed by atoms with Crippen LogP contribution < -0.4 is 5.56 Å². The van der Waals surface area contributed by atoms with Crippen molar-refractivity contribution in [3.63, 3.8) is 0 Å². The van der Waals surface area contributed by atoms with Crippen molar-refractivity contribution in [3.05, 3.63) is 118 Å². The summed E-state index contributed by atoms with van der Waals surface area (Å²) < 4.78 is 32.1. The van der Waals surface area contributed by atoms with E-state index >= 15 is 4.39 Å². The second kappa shape index (κ2) is 9.97. The number of imidazole rings is 1. The number of halogens is 3. The van der Waals surface area contributed by atoms with E-state index in [0.29, 0.717) is 32.7 Å². The highest BCUT2D eigenvalue weighted by Gasteiger charge is 2.17. The zero-order chi connectivity index (χ0) is 24.2. The quantitative estimate of drug-likeness (QED) is 0.326. The van der Waals surface area contributed by atoms with E-state index in [1.807, 2.05) is 17.8 Å². The van der Waals surface area contributed by atoms with Gasteiger partial charge in [0.1, 0.15) is 5.82 Å². The Morgan fingerprint density at radius 3 is 2.38 bits per heavy atom. The monoisotopic (exact) mass is 478 g/mol. The fraction of sp³-hybridized carbons (Fsp3) is 0.115. The van der Waals surface area contributed by atoms with E-state index in [-0.39, 0.29) is 11.3 Å². The number of aromatic nitrogens is 4. The largest absolute Gasteiger partial charge is 0.341 e. The van der Waals surface area contributed by atoms with Crippen molar-refractivity contribution in [1.82, 2.24) is 19.1 Å². The smallest absolute Gasteiger partial charge is 0.251 e. The van der Waals surface area contributed by atoms with E-state index in [1.165, 1.54) is 22.8 Å². The molecule has 0 spiro atoms. The van der Waals surface area contributed by atoms with Crippen LogP contribution in [0.5, 0.6) is 0 Å². The van der Waals surface area contributed by atoms with E-state index in [4.69, 9.17) is 11.6 Å². The Kier molecular flexibility index (Phi) is 6.84. The lowest BCUT2D eigenvalue weighted by atomic mass is 10.0. The molecule has 0 bridgehead atoms. The number of fused-ring (bicyclic) bond motifs is 1. The highest BCUT2D eigenvalue weighted by molar-refractivity contribution is 6.30. The molecule has 0 saturated carbocycles. The van der Waals surface area contributed by atoms with Crippen LogP contribution in [0.25, 0.3) is 22.2 Å². The standard InChI is InChI=1S/C22H15ClF2N2O.C4H6N2/c1-27-19-10-9-18(21(25)13-5-7-15(23)8-6-13)26-22(19)17(12-20(27)28)14-3-2-4-16(24)11-14;1-6-3-2-5-4-6/h2-12,21H,1H3;2-4H,1H3. The lowest BCUT2D eigenvalue weighted by Gasteiger charge is -2.13. The van der Waals surface area contributed by atoms with Gasteiger partial charge in [-0.15, -0.1) is 0 Å². The minimum absolute atomic E-state index is 0.200. The van der Waals surface area contributed by atoms with Crippen LogP contribution in [0.4, 0.5) is 8.78 Å². The average Bonchev–Trinajstić information content (AvgIpc) is 3.32. The maximum Gasteiger partial charge on any atom is 0.251 e. The molecule has 5 aromatic rings. The molecule has 34 heavy (non-hydrogen) atoms. The minimum atomic E-state index is -1.46. The zero-order valence-electron chi connectivity index (χ0n) is 18.5. The molecule has 0 fully saturated rings. The van der Waals surface area contributed by atoms with Crippen molar-refractivity contribution in [2.75, 3.05) is 0 Å². The predicted octanol–water partition coefficient (Wildman–Crippen LogP) is 5.87. The van der Waals surface area contributed by atoms with Crippen LogP contribution >= 0.6 is 11.6 Å². The SMILES string of the molecule is Cn1c(=O)cc(-c2cccc(F)c2)c2nc(C(F)c3ccc(Cl)cc3)ccc21.Cn1ccnc1. The van der Waals surface area contributed by atoms with Gasteiger partial charge < -0.3 is 9.13 Å². The molecule has 0 amide bonds. The third kappa shape index (κ3) is 5.05. The molecule has 0 N–H and O–H groups in total. The molecule has 0 saturated heterocycles. The number of pyridine rings is 2. The second-order valence-corrected chi connectivity index (χ2v) is 8.15. The molecule has 172 valence electrons. The Morgan fingerprint density at radius 1 is 1.00 bits per heavy atom. The fourth-order valence-electron chi connectivity index (χ4n) is 3.49. The summed E-state index contributed by atoms with van der Waals surface area (Å²) in [6.45, 7) is 0. The van der Waals surface area contributed by atoms with Crippen molar-refractivity contribution in [3.8, 4) is 11.1 Å². The highest BCUT2D eigenvalue weighted by atomic mass is 35.5. The maximum absolute atomic E-state index is 15.1. The number of nitrogens with zero attached hydrogens (tertiary/aromatic N) is 4. The first kappa shape index (κ1) is 23.3. The number of alkyl halides is 1. The van der Waals surface area contributed by atoms with Gasteiger partial charge in [0, 0.05) is 43.1 Å². The third-order valence-electron chi connectivity index (χ3n) is 5.30. The fourth-order valence-corrected chi connectivity index (χ4v) is 3.61. The summed E-state index contributed by atoms with van der Waals surface area (Å²) in [5, 5.41) is 0.519. The number of hydrogen-bond donors (Lipinski definition) is 0. The van der Waals surface area contributed by atoms with Crippen molar-refractivity contribution in [2.24, 2.45) is 14.1 Å². The zero-order valence-corrected chi connectivity index (χ0v) is 19.2. The third-order valence-corrected chi connectivity index (χ3v) is 5.56. The summed E-state index contributed by atoms with van der Waals surface area (Å²) >= 11 is 5.87. The first-order chi connectivity index (χ1) is 16.3. The van der Waals surface area contributed by atoms with Crippen molar-refractivity contribution in [1.29, 1.82) is 0 Å². The van der Waals surface area contributed by atoms with Gasteiger partial charge in [0.25, 0.3) is 5.56 Å². The molecule has 8 heteroatoms. The number of benzene rings is 2. The van der Waals surface area contributed by atoms with Gasteiger partial charge in [0.05, 0.1) is 23.1 Å². The molecular weight excluding hydrogens is 458 g/mol. The highest BCUT2D eigenvalue weighted by Crippen LogP contribution is 2.31. The van der Waals surface area contributed by atoms with E-state index in [2.05, 4.69) is 9.97 Å². The molecule has 1 unspecified atom stereocenters. The van der Waals surface area contributed by atoms with E-state index in [9.17, 15) is 9.18 Å². The van der Waals surface area contributed by atoms with Crippen LogP contribution in [0.1, 0.15) is 17.4 Å². The second-order valence-electron chi connectivity index (χ2n) is 7.71. The Labute approximate surface area is 199 Å². The van der Waals surface area contributed by atoms with Gasteiger partial charge in [0.15, 0.2) is 6.17 Å². The predicted molar refractivity (Wildman–Crippen MR) is 130 cm³/mol. The summed E-state index contributed by atoms with van der Waals surface area (Å²) in [4.78, 5) is 20.6. The Morgan fingerprint density at radius 2 is 1.76 bits per heavy atom. The molecule has 5 rings (SSSR count). The molecule has 0 aliphatic heterocycles.